The molecule has 0 aliphatic carbocycles. The Morgan fingerprint density at radius 2 is 1.79 bits per heavy atom. The van der Waals surface area contributed by atoms with Crippen molar-refractivity contribution in [1.29, 1.82) is 0 Å². The summed E-state index contributed by atoms with van der Waals surface area (Å²) in [6.07, 6.45) is 0.866. The summed E-state index contributed by atoms with van der Waals surface area (Å²) >= 11 is 0. The first-order valence-corrected chi connectivity index (χ1v) is 6.44. The second-order valence-electron chi connectivity index (χ2n) is 4.38. The number of carbonyl (C=O) groups is 1. The second kappa shape index (κ2) is 6.90. The maximum absolute atomic E-state index is 10.5. The number of esters is 1. The average Bonchev–Trinajstić information content (AvgIpc) is 2.42. The van der Waals surface area contributed by atoms with Gasteiger partial charge in [-0.05, 0) is 22.8 Å². The van der Waals surface area contributed by atoms with Gasteiger partial charge in [-0.15, -0.1) is 0 Å². The van der Waals surface area contributed by atoms with E-state index in [1.165, 1.54) is 23.3 Å². The summed E-state index contributed by atoms with van der Waals surface area (Å²) < 4.78 is 10.2. The highest BCUT2D eigenvalue weighted by molar-refractivity contribution is 5.82. The fourth-order valence-corrected chi connectivity index (χ4v) is 1.93. The molecule has 0 amide bonds. The molecule has 0 unspecified atom stereocenters. The molecule has 0 N–H and O–H groups in total. The van der Waals surface area contributed by atoms with Gasteiger partial charge in [0, 0.05) is 6.92 Å². The van der Waals surface area contributed by atoms with Gasteiger partial charge in [-0.2, -0.15) is 0 Å². The Bertz CT molecular complexity index is 548. The molecule has 2 aromatic carbocycles. The molecule has 3 heteroatoms. The predicted molar refractivity (Wildman–Crippen MR) is 75.1 cm³/mol. The normalized spacial score (nSPS) is 10.6. The lowest BCUT2D eigenvalue weighted by Crippen LogP contribution is -2.09. The van der Waals surface area contributed by atoms with Crippen molar-refractivity contribution in [3.63, 3.8) is 0 Å². The number of rotatable bonds is 6. The van der Waals surface area contributed by atoms with E-state index in [1.807, 2.05) is 12.1 Å². The minimum Gasteiger partial charge on any atom is -0.463 e. The summed E-state index contributed by atoms with van der Waals surface area (Å²) in [5.74, 6) is -0.266. The van der Waals surface area contributed by atoms with E-state index in [0.29, 0.717) is 19.8 Å². The molecular formula is C16H18O3. The Labute approximate surface area is 113 Å². The van der Waals surface area contributed by atoms with Crippen LogP contribution in [-0.4, -0.2) is 25.8 Å². The van der Waals surface area contributed by atoms with Crippen LogP contribution in [0.4, 0.5) is 0 Å². The summed E-state index contributed by atoms with van der Waals surface area (Å²) in [6.45, 7) is 2.81. The van der Waals surface area contributed by atoms with Gasteiger partial charge in [0.25, 0.3) is 0 Å². The van der Waals surface area contributed by atoms with Crippen molar-refractivity contribution in [3.05, 3.63) is 48.0 Å². The van der Waals surface area contributed by atoms with Gasteiger partial charge in [0.15, 0.2) is 0 Å². The topological polar surface area (TPSA) is 35.5 Å². The molecule has 2 aromatic rings. The maximum Gasteiger partial charge on any atom is 0.302 e. The molecule has 0 saturated heterocycles. The van der Waals surface area contributed by atoms with E-state index < -0.39 is 0 Å². The van der Waals surface area contributed by atoms with Crippen LogP contribution in [0.25, 0.3) is 10.8 Å². The highest BCUT2D eigenvalue weighted by Gasteiger charge is 1.97. The fraction of sp³-hybridized carbons (Fsp3) is 0.312. The Kier molecular flexibility index (Phi) is 4.93. The molecular weight excluding hydrogens is 240 g/mol. The molecule has 0 aliphatic heterocycles. The van der Waals surface area contributed by atoms with Crippen molar-refractivity contribution in [1.82, 2.24) is 0 Å². The fourth-order valence-electron chi connectivity index (χ4n) is 1.93. The van der Waals surface area contributed by atoms with Crippen LogP contribution < -0.4 is 0 Å². The SMILES string of the molecule is CC(=O)OCCOCCc1ccc2ccccc2c1. The van der Waals surface area contributed by atoms with Crippen molar-refractivity contribution >= 4 is 16.7 Å². The first-order chi connectivity index (χ1) is 9.25. The first-order valence-electron chi connectivity index (χ1n) is 6.44. The van der Waals surface area contributed by atoms with E-state index >= 15 is 0 Å². The van der Waals surface area contributed by atoms with Crippen LogP contribution in [-0.2, 0) is 20.7 Å². The minimum atomic E-state index is -0.266. The highest BCUT2D eigenvalue weighted by Crippen LogP contribution is 2.15. The Morgan fingerprint density at radius 1 is 1.00 bits per heavy atom. The number of hydrogen-bond acceptors (Lipinski definition) is 3. The zero-order valence-electron chi connectivity index (χ0n) is 11.1. The molecule has 0 saturated carbocycles. The third-order valence-corrected chi connectivity index (χ3v) is 2.88. The molecule has 0 radical (unpaired) electrons. The average molecular weight is 258 g/mol. The van der Waals surface area contributed by atoms with Crippen molar-refractivity contribution in [2.24, 2.45) is 0 Å². The largest absolute Gasteiger partial charge is 0.463 e. The van der Waals surface area contributed by atoms with Crippen LogP contribution in [0.2, 0.25) is 0 Å². The summed E-state index contributed by atoms with van der Waals surface area (Å²) in [4.78, 5) is 10.5. The highest BCUT2D eigenvalue weighted by atomic mass is 16.6. The standard InChI is InChI=1S/C16H18O3/c1-13(17)19-11-10-18-9-8-14-6-7-15-4-2-3-5-16(15)12-14/h2-7,12H,8-11H2,1H3. The van der Waals surface area contributed by atoms with Gasteiger partial charge < -0.3 is 9.47 Å². The molecule has 0 fully saturated rings. The van der Waals surface area contributed by atoms with Gasteiger partial charge in [0.1, 0.15) is 6.61 Å². The maximum atomic E-state index is 10.5. The van der Waals surface area contributed by atoms with Crippen LogP contribution in [0.5, 0.6) is 0 Å². The third kappa shape index (κ3) is 4.38. The Balaban J connectivity index is 1.77. The molecule has 19 heavy (non-hydrogen) atoms. The van der Waals surface area contributed by atoms with E-state index in [1.54, 1.807) is 0 Å². The second-order valence-corrected chi connectivity index (χ2v) is 4.38. The molecule has 0 atom stereocenters. The molecule has 0 heterocycles. The number of ether oxygens (including phenoxy) is 2. The van der Waals surface area contributed by atoms with Gasteiger partial charge in [-0.25, -0.2) is 0 Å². The zero-order valence-corrected chi connectivity index (χ0v) is 11.1. The van der Waals surface area contributed by atoms with Crippen LogP contribution in [0, 0.1) is 0 Å². The first kappa shape index (κ1) is 13.6. The van der Waals surface area contributed by atoms with E-state index in [-0.39, 0.29) is 5.97 Å². The monoisotopic (exact) mass is 258 g/mol. The quantitative estimate of drug-likeness (QED) is 0.590. The lowest BCUT2D eigenvalue weighted by Gasteiger charge is -2.06. The molecule has 3 nitrogen and oxygen atoms in total. The molecule has 100 valence electrons. The van der Waals surface area contributed by atoms with Crippen LogP contribution in [0.15, 0.2) is 42.5 Å². The van der Waals surface area contributed by atoms with Gasteiger partial charge in [-0.3, -0.25) is 4.79 Å². The Morgan fingerprint density at radius 3 is 2.58 bits per heavy atom. The number of fused-ring (bicyclic) bond motifs is 1. The van der Waals surface area contributed by atoms with Gasteiger partial charge >= 0.3 is 5.97 Å². The van der Waals surface area contributed by atoms with Crippen LogP contribution in [0.1, 0.15) is 12.5 Å². The van der Waals surface area contributed by atoms with Crippen molar-refractivity contribution < 1.29 is 14.3 Å². The number of hydrogen-bond donors (Lipinski definition) is 0. The van der Waals surface area contributed by atoms with Crippen molar-refractivity contribution in [3.8, 4) is 0 Å². The summed E-state index contributed by atoms with van der Waals surface area (Å²) in [5.41, 5.74) is 1.26. The summed E-state index contributed by atoms with van der Waals surface area (Å²) in [7, 11) is 0. The summed E-state index contributed by atoms with van der Waals surface area (Å²) in [5, 5.41) is 2.50. The molecule has 0 aromatic heterocycles. The van der Waals surface area contributed by atoms with E-state index in [4.69, 9.17) is 9.47 Å². The van der Waals surface area contributed by atoms with E-state index in [0.717, 1.165) is 6.42 Å². The predicted octanol–water partition coefficient (Wildman–Crippen LogP) is 2.96. The summed E-state index contributed by atoms with van der Waals surface area (Å²) in [6, 6.07) is 14.7. The van der Waals surface area contributed by atoms with E-state index in [9.17, 15) is 4.79 Å². The smallest absolute Gasteiger partial charge is 0.302 e. The number of benzene rings is 2. The van der Waals surface area contributed by atoms with Crippen molar-refractivity contribution in [2.75, 3.05) is 19.8 Å². The molecule has 0 aliphatic rings. The van der Waals surface area contributed by atoms with Gasteiger partial charge in [0.05, 0.1) is 13.2 Å². The number of carbonyl (C=O) groups excluding carboxylic acids is 1. The van der Waals surface area contributed by atoms with Crippen LogP contribution >= 0.6 is 0 Å². The zero-order chi connectivity index (χ0) is 13.5. The minimum absolute atomic E-state index is 0.266. The lowest BCUT2D eigenvalue weighted by atomic mass is 10.1. The van der Waals surface area contributed by atoms with Gasteiger partial charge in [0.2, 0.25) is 0 Å². The third-order valence-electron chi connectivity index (χ3n) is 2.88. The Hall–Kier alpha value is -1.87. The lowest BCUT2D eigenvalue weighted by molar-refractivity contribution is -0.142. The molecule has 2 rings (SSSR count). The molecule has 0 bridgehead atoms. The molecule has 0 spiro atoms. The van der Waals surface area contributed by atoms with Crippen molar-refractivity contribution in [2.45, 2.75) is 13.3 Å². The van der Waals surface area contributed by atoms with E-state index in [2.05, 4.69) is 30.3 Å². The van der Waals surface area contributed by atoms with Crippen LogP contribution in [0.3, 0.4) is 0 Å². The van der Waals surface area contributed by atoms with Gasteiger partial charge in [-0.1, -0.05) is 42.5 Å².